The first-order chi connectivity index (χ1) is 4.34. The van der Waals surface area contributed by atoms with Gasteiger partial charge in [-0.2, -0.15) is 0 Å². The van der Waals surface area contributed by atoms with E-state index < -0.39 is 0 Å². The first-order valence-corrected chi connectivity index (χ1v) is 2.49. The van der Waals surface area contributed by atoms with E-state index in [2.05, 4.69) is 4.65 Å². The van der Waals surface area contributed by atoms with Crippen LogP contribution < -0.4 is 4.65 Å². The van der Waals surface area contributed by atoms with Gasteiger partial charge in [-0.25, -0.2) is 0 Å². The summed E-state index contributed by atoms with van der Waals surface area (Å²) >= 11 is 0. The van der Waals surface area contributed by atoms with E-state index in [-0.39, 0.29) is 5.95 Å². The van der Waals surface area contributed by atoms with Gasteiger partial charge in [0, 0.05) is 0 Å². The third kappa shape index (κ3) is 1.19. The first kappa shape index (κ1) is 6.07. The van der Waals surface area contributed by atoms with Gasteiger partial charge in [-0.15, -0.1) is 0 Å². The fourth-order valence-electron chi connectivity index (χ4n) is 0.523. The molecular formula is C5H5BO3. The van der Waals surface area contributed by atoms with E-state index in [4.69, 9.17) is 4.42 Å². The molecule has 9 heavy (non-hydrogen) atoms. The Kier molecular flexibility index (Phi) is 1.67. The van der Waals surface area contributed by atoms with Crippen LogP contribution in [0.25, 0.3) is 0 Å². The zero-order chi connectivity index (χ0) is 6.69. The van der Waals surface area contributed by atoms with Crippen LogP contribution in [0, 0.1) is 6.92 Å². The summed E-state index contributed by atoms with van der Waals surface area (Å²) < 4.78 is 18.9. The molecule has 0 radical (unpaired) electrons. The summed E-state index contributed by atoms with van der Waals surface area (Å²) in [5, 5.41) is 0. The fraction of sp³-hybridized carbons (Fsp3) is 0.200. The Morgan fingerprint density at radius 1 is 1.78 bits per heavy atom. The van der Waals surface area contributed by atoms with Crippen molar-refractivity contribution in [1.29, 1.82) is 0 Å². The summed E-state index contributed by atoms with van der Waals surface area (Å²) in [5.41, 5.74) is 0.821. The van der Waals surface area contributed by atoms with Crippen LogP contribution in [-0.2, 0) is 4.70 Å². The Balaban J connectivity index is 2.80. The van der Waals surface area contributed by atoms with E-state index in [9.17, 15) is 4.70 Å². The molecule has 46 valence electrons. The summed E-state index contributed by atoms with van der Waals surface area (Å²) in [6.07, 6.45) is 1.47. The van der Waals surface area contributed by atoms with Crippen LogP contribution in [0.2, 0.25) is 0 Å². The van der Waals surface area contributed by atoms with Gasteiger partial charge in [-0.3, -0.25) is 0 Å². The van der Waals surface area contributed by atoms with Crippen LogP contribution in [0.5, 0.6) is 5.95 Å². The van der Waals surface area contributed by atoms with Crippen molar-refractivity contribution in [3.8, 4) is 5.95 Å². The maximum absolute atomic E-state index is 9.74. The number of aryl methyl sites for hydroxylation is 1. The van der Waals surface area contributed by atoms with E-state index in [1.807, 2.05) is 0 Å². The average Bonchev–Trinajstić information content (AvgIpc) is 2.18. The van der Waals surface area contributed by atoms with Gasteiger partial charge in [0.1, 0.15) is 0 Å². The molecule has 1 rings (SSSR count). The number of hydrogen-bond donors (Lipinski definition) is 0. The predicted molar refractivity (Wildman–Crippen MR) is 30.5 cm³/mol. The van der Waals surface area contributed by atoms with Crippen molar-refractivity contribution < 1.29 is 13.8 Å². The number of rotatable bonds is 2. The van der Waals surface area contributed by atoms with Gasteiger partial charge < -0.3 is 0 Å². The predicted octanol–water partition coefficient (Wildman–Crippen LogP) is 0.932. The van der Waals surface area contributed by atoms with Crippen molar-refractivity contribution >= 4 is 7.35 Å². The molecular weight excluding hydrogens is 119 g/mol. The quantitative estimate of drug-likeness (QED) is 0.550. The van der Waals surface area contributed by atoms with Crippen LogP contribution in [0.4, 0.5) is 0 Å². The number of furan rings is 1. The molecule has 0 aliphatic heterocycles. The van der Waals surface area contributed by atoms with Gasteiger partial charge in [0.15, 0.2) is 0 Å². The molecule has 0 N–H and O–H groups in total. The van der Waals surface area contributed by atoms with E-state index >= 15 is 0 Å². The molecule has 0 atom stereocenters. The Morgan fingerprint density at radius 2 is 2.56 bits per heavy atom. The van der Waals surface area contributed by atoms with Crippen LogP contribution in [0.15, 0.2) is 16.7 Å². The van der Waals surface area contributed by atoms with Gasteiger partial charge in [-0.1, -0.05) is 0 Å². The summed E-state index contributed by atoms with van der Waals surface area (Å²) in [4.78, 5) is 0. The Labute approximate surface area is 52.9 Å². The van der Waals surface area contributed by atoms with Crippen molar-refractivity contribution in [2.45, 2.75) is 6.92 Å². The minimum atomic E-state index is 0.269. The van der Waals surface area contributed by atoms with Gasteiger partial charge in [-0.05, 0) is 0 Å². The number of hydrogen-bond acceptors (Lipinski definition) is 3. The van der Waals surface area contributed by atoms with Crippen molar-refractivity contribution in [1.82, 2.24) is 0 Å². The van der Waals surface area contributed by atoms with Gasteiger partial charge in [0.2, 0.25) is 0 Å². The SMILES string of the molecule is Cc1ccoc1OB=O. The molecule has 0 bridgehead atoms. The summed E-state index contributed by atoms with van der Waals surface area (Å²) in [5.74, 6) is 0.269. The molecule has 0 aliphatic rings. The monoisotopic (exact) mass is 124 g/mol. The minimum absolute atomic E-state index is 0.269. The molecule has 0 spiro atoms. The summed E-state index contributed by atoms with van der Waals surface area (Å²) in [6, 6.07) is 1.72. The molecule has 3 nitrogen and oxygen atoms in total. The van der Waals surface area contributed by atoms with Crippen molar-refractivity contribution in [3.63, 3.8) is 0 Å². The first-order valence-electron chi connectivity index (χ1n) is 2.49. The second-order valence-electron chi connectivity index (χ2n) is 1.61. The van der Waals surface area contributed by atoms with Crippen molar-refractivity contribution in [3.05, 3.63) is 17.9 Å². The molecule has 0 fully saturated rings. The van der Waals surface area contributed by atoms with Crippen LogP contribution in [0.3, 0.4) is 0 Å². The molecule has 4 heteroatoms. The zero-order valence-corrected chi connectivity index (χ0v) is 4.96. The summed E-state index contributed by atoms with van der Waals surface area (Å²) in [6.45, 7) is 1.79. The van der Waals surface area contributed by atoms with Gasteiger partial charge >= 0.3 is 51.9 Å². The molecule has 0 aromatic carbocycles. The standard InChI is InChI=1S/C5H5BO3/c1-4-2-3-8-5(4)9-6-7/h2-3H,1H3. The maximum atomic E-state index is 9.74. The third-order valence-electron chi connectivity index (χ3n) is 0.970. The van der Waals surface area contributed by atoms with Gasteiger partial charge in [0.25, 0.3) is 0 Å². The van der Waals surface area contributed by atoms with Crippen LogP contribution in [0.1, 0.15) is 5.56 Å². The Hall–Kier alpha value is -1.06. The Bertz CT molecular complexity index is 206. The van der Waals surface area contributed by atoms with Crippen LogP contribution in [-0.4, -0.2) is 7.35 Å². The Morgan fingerprint density at radius 3 is 3.00 bits per heavy atom. The summed E-state index contributed by atoms with van der Waals surface area (Å²) in [7, 11) is 0.339. The normalized spacial score (nSPS) is 8.56. The zero-order valence-electron chi connectivity index (χ0n) is 4.96. The second-order valence-corrected chi connectivity index (χ2v) is 1.61. The van der Waals surface area contributed by atoms with Crippen LogP contribution >= 0.6 is 0 Å². The van der Waals surface area contributed by atoms with Crippen molar-refractivity contribution in [2.75, 3.05) is 0 Å². The van der Waals surface area contributed by atoms with E-state index in [1.165, 1.54) is 6.26 Å². The molecule has 0 aliphatic carbocycles. The molecule has 1 heterocycles. The fourth-order valence-corrected chi connectivity index (χ4v) is 0.523. The second kappa shape index (κ2) is 2.48. The molecule has 0 saturated carbocycles. The molecule has 0 amide bonds. The molecule has 0 unspecified atom stereocenters. The van der Waals surface area contributed by atoms with E-state index in [0.717, 1.165) is 5.56 Å². The third-order valence-corrected chi connectivity index (χ3v) is 0.970. The average molecular weight is 124 g/mol. The van der Waals surface area contributed by atoms with E-state index in [0.29, 0.717) is 7.35 Å². The molecule has 0 saturated heterocycles. The molecule has 1 aromatic rings. The van der Waals surface area contributed by atoms with Gasteiger partial charge in [0.05, 0.1) is 0 Å². The van der Waals surface area contributed by atoms with Crippen molar-refractivity contribution in [2.24, 2.45) is 0 Å². The van der Waals surface area contributed by atoms with E-state index in [1.54, 1.807) is 13.0 Å². The topological polar surface area (TPSA) is 39.4 Å². The molecule has 1 aromatic heterocycles.